The normalized spacial score (nSPS) is 23.0. The maximum Gasteiger partial charge on any atom is 0.163 e. The Labute approximate surface area is 94.6 Å². The summed E-state index contributed by atoms with van der Waals surface area (Å²) in [7, 11) is 0. The Balaban J connectivity index is 1.93. The zero-order chi connectivity index (χ0) is 11.4. The molecule has 1 saturated heterocycles. The second-order valence-corrected chi connectivity index (χ2v) is 4.06. The first-order valence-corrected chi connectivity index (χ1v) is 5.52. The van der Waals surface area contributed by atoms with Gasteiger partial charge in [0.15, 0.2) is 5.69 Å². The molecule has 0 amide bonds. The van der Waals surface area contributed by atoms with Gasteiger partial charge in [-0.1, -0.05) is 12.1 Å². The van der Waals surface area contributed by atoms with E-state index in [9.17, 15) is 5.21 Å². The summed E-state index contributed by atoms with van der Waals surface area (Å²) in [5.41, 5.74) is 1.52. The van der Waals surface area contributed by atoms with Crippen LogP contribution in [0, 0.1) is 5.21 Å². The predicted molar refractivity (Wildman–Crippen MR) is 60.6 cm³/mol. The monoisotopic (exact) mass is 223 g/mol. The predicted octanol–water partition coefficient (Wildman–Crippen LogP) is -0.806. The lowest BCUT2D eigenvalue weighted by Crippen LogP contribution is -2.99. The smallest absolute Gasteiger partial charge is 0.163 e. The summed E-state index contributed by atoms with van der Waals surface area (Å²) in [6.07, 6.45) is 0.937. The molecule has 16 heavy (non-hydrogen) atoms. The average Bonchev–Trinajstić information content (AvgIpc) is 2.31. The van der Waals surface area contributed by atoms with E-state index in [4.69, 9.17) is 5.21 Å². The van der Waals surface area contributed by atoms with Crippen LogP contribution < -0.4 is 15.9 Å². The van der Waals surface area contributed by atoms with Crippen LogP contribution in [0.25, 0.3) is 0 Å². The van der Waals surface area contributed by atoms with E-state index in [1.807, 2.05) is 12.1 Å². The zero-order valence-electron chi connectivity index (χ0n) is 9.07. The number of piperazine rings is 1. The highest BCUT2D eigenvalue weighted by Gasteiger charge is 2.12. The number of hydrogen-bond donors (Lipinski definition) is 4. The maximum absolute atomic E-state index is 10.7. The molecule has 1 aliphatic heterocycles. The molecule has 0 aliphatic carbocycles. The van der Waals surface area contributed by atoms with Gasteiger partial charge < -0.3 is 15.8 Å². The lowest BCUT2D eigenvalue weighted by molar-refractivity contribution is -0.991. The van der Waals surface area contributed by atoms with Gasteiger partial charge in [0.2, 0.25) is 0 Å². The minimum absolute atomic E-state index is 0.346. The Kier molecular flexibility index (Phi) is 3.87. The van der Waals surface area contributed by atoms with Gasteiger partial charge in [0, 0.05) is 37.8 Å². The fourth-order valence-corrected chi connectivity index (χ4v) is 1.93. The van der Waals surface area contributed by atoms with Crippen molar-refractivity contribution in [2.45, 2.75) is 12.5 Å². The quantitative estimate of drug-likeness (QED) is 0.506. The topological polar surface area (TPSA) is 71.8 Å². The molecule has 0 radical (unpaired) electrons. The highest BCUT2D eigenvalue weighted by Crippen LogP contribution is 2.08. The van der Waals surface area contributed by atoms with Crippen molar-refractivity contribution in [3.8, 4) is 0 Å². The van der Waals surface area contributed by atoms with Crippen LogP contribution in [0.4, 0.5) is 5.69 Å². The molecule has 1 aromatic carbocycles. The number of hydrogen-bond acceptors (Lipinski definition) is 4. The van der Waals surface area contributed by atoms with Gasteiger partial charge in [-0.05, 0) is 12.0 Å². The lowest BCUT2D eigenvalue weighted by Gasteiger charge is -2.24. The highest BCUT2D eigenvalue weighted by atomic mass is 16.8. The molecule has 1 aliphatic rings. The molecule has 1 aromatic rings. The summed E-state index contributed by atoms with van der Waals surface area (Å²) in [5, 5.41) is 25.3. The number of benzene rings is 1. The largest absolute Gasteiger partial charge is 0.595 e. The maximum atomic E-state index is 10.7. The van der Waals surface area contributed by atoms with Crippen LogP contribution in [0.5, 0.6) is 0 Å². The number of quaternary nitrogens is 1. The Morgan fingerprint density at radius 3 is 2.62 bits per heavy atom. The van der Waals surface area contributed by atoms with Crippen molar-refractivity contribution in [2.75, 3.05) is 19.6 Å². The Bertz CT molecular complexity index is 321. The number of rotatable bonds is 3. The van der Waals surface area contributed by atoms with E-state index in [0.717, 1.165) is 26.1 Å². The fraction of sp³-hybridized carbons (Fsp3) is 0.455. The molecule has 2 atom stereocenters. The van der Waals surface area contributed by atoms with Gasteiger partial charge in [-0.15, -0.1) is 0 Å². The summed E-state index contributed by atoms with van der Waals surface area (Å²) in [5.74, 6) is 0. The van der Waals surface area contributed by atoms with E-state index in [1.165, 1.54) is 5.56 Å². The van der Waals surface area contributed by atoms with Crippen LogP contribution in [-0.2, 0) is 6.42 Å². The van der Waals surface area contributed by atoms with Gasteiger partial charge >= 0.3 is 0 Å². The highest BCUT2D eigenvalue weighted by molar-refractivity contribution is 5.32. The Morgan fingerprint density at radius 2 is 2.06 bits per heavy atom. The zero-order valence-corrected chi connectivity index (χ0v) is 9.07. The molecule has 1 unspecified atom stereocenters. The molecule has 4 N–H and O–H groups in total. The van der Waals surface area contributed by atoms with Crippen molar-refractivity contribution in [3.63, 3.8) is 0 Å². The van der Waals surface area contributed by atoms with Gasteiger partial charge in [-0.2, -0.15) is 5.23 Å². The summed E-state index contributed by atoms with van der Waals surface area (Å²) < 4.78 is 0. The molecule has 0 saturated carbocycles. The first kappa shape index (κ1) is 11.5. The fourth-order valence-electron chi connectivity index (χ4n) is 1.93. The Morgan fingerprint density at radius 1 is 1.31 bits per heavy atom. The van der Waals surface area contributed by atoms with Gasteiger partial charge in [0.1, 0.15) is 0 Å². The van der Waals surface area contributed by atoms with Crippen LogP contribution in [-0.4, -0.2) is 30.9 Å². The van der Waals surface area contributed by atoms with Gasteiger partial charge in [0.05, 0.1) is 0 Å². The van der Waals surface area contributed by atoms with E-state index in [1.54, 1.807) is 12.1 Å². The van der Waals surface area contributed by atoms with Crippen LogP contribution in [0.1, 0.15) is 5.56 Å². The van der Waals surface area contributed by atoms with Crippen molar-refractivity contribution in [1.29, 1.82) is 0 Å². The van der Waals surface area contributed by atoms with Crippen LogP contribution in [0.3, 0.4) is 0 Å². The van der Waals surface area contributed by atoms with E-state index in [2.05, 4.69) is 10.6 Å². The van der Waals surface area contributed by atoms with Crippen molar-refractivity contribution >= 4 is 5.69 Å². The average molecular weight is 223 g/mol. The van der Waals surface area contributed by atoms with E-state index in [0.29, 0.717) is 11.7 Å². The molecular weight excluding hydrogens is 206 g/mol. The lowest BCUT2D eigenvalue weighted by atomic mass is 10.0. The van der Waals surface area contributed by atoms with Crippen LogP contribution in [0.15, 0.2) is 24.3 Å². The third-order valence-electron chi connectivity index (χ3n) is 2.81. The standard InChI is InChI=1S/C11H17N3O2/c15-14(16)11-3-1-9(2-4-11)7-10-8-12-5-6-13-10/h1-4,10,12-15H,5-8H2/t10-/m1/s1. The molecule has 1 heterocycles. The van der Waals surface area contributed by atoms with Crippen molar-refractivity contribution < 1.29 is 10.4 Å². The molecule has 0 aromatic heterocycles. The molecule has 88 valence electrons. The van der Waals surface area contributed by atoms with Gasteiger partial charge in [0.25, 0.3) is 0 Å². The minimum atomic E-state index is -0.871. The van der Waals surface area contributed by atoms with Crippen LogP contribution in [0.2, 0.25) is 0 Å². The summed E-state index contributed by atoms with van der Waals surface area (Å²) in [6, 6.07) is 7.55. The van der Waals surface area contributed by atoms with Crippen LogP contribution >= 0.6 is 0 Å². The molecular formula is C11H17N3O2. The SMILES string of the molecule is [O-][NH+](O)c1ccc(C[C@@H]2CNCCN2)cc1. The minimum Gasteiger partial charge on any atom is -0.595 e. The molecule has 2 rings (SSSR count). The first-order valence-electron chi connectivity index (χ1n) is 5.52. The van der Waals surface area contributed by atoms with Gasteiger partial charge in [-0.3, -0.25) is 0 Å². The summed E-state index contributed by atoms with van der Waals surface area (Å²) in [6.45, 7) is 2.99. The molecule has 5 heteroatoms. The second kappa shape index (κ2) is 5.38. The van der Waals surface area contributed by atoms with E-state index in [-0.39, 0.29) is 0 Å². The van der Waals surface area contributed by atoms with Crippen molar-refractivity contribution in [2.24, 2.45) is 0 Å². The molecule has 0 spiro atoms. The first-order chi connectivity index (χ1) is 7.75. The van der Waals surface area contributed by atoms with Crippen molar-refractivity contribution in [3.05, 3.63) is 35.0 Å². The van der Waals surface area contributed by atoms with Crippen molar-refractivity contribution in [1.82, 2.24) is 10.6 Å². The third kappa shape index (κ3) is 3.01. The third-order valence-corrected chi connectivity index (χ3v) is 2.81. The summed E-state index contributed by atoms with van der Waals surface area (Å²) in [4.78, 5) is 0. The molecule has 1 fully saturated rings. The molecule has 5 nitrogen and oxygen atoms in total. The second-order valence-electron chi connectivity index (χ2n) is 4.06. The van der Waals surface area contributed by atoms with Gasteiger partial charge in [-0.25, -0.2) is 5.21 Å². The summed E-state index contributed by atoms with van der Waals surface area (Å²) >= 11 is 0. The van der Waals surface area contributed by atoms with E-state index < -0.39 is 5.23 Å². The Hall–Kier alpha value is -0.980. The number of nitrogens with one attached hydrogen (secondary N) is 3. The molecule has 0 bridgehead atoms. The van der Waals surface area contributed by atoms with E-state index >= 15 is 0 Å².